The first-order chi connectivity index (χ1) is 11.5. The van der Waals surface area contributed by atoms with Crippen molar-refractivity contribution in [2.75, 3.05) is 5.75 Å². The number of carbonyl (C=O) groups excluding carboxylic acids is 1. The normalized spacial score (nSPS) is 11.1. The average molecular weight is 347 g/mol. The molecule has 0 saturated heterocycles. The molecule has 0 atom stereocenters. The molecule has 0 aliphatic rings. The Hall–Kier alpha value is -2.68. The van der Waals surface area contributed by atoms with E-state index < -0.39 is 11.2 Å². The van der Waals surface area contributed by atoms with E-state index in [9.17, 15) is 14.4 Å². The van der Waals surface area contributed by atoms with Crippen molar-refractivity contribution in [1.82, 2.24) is 20.6 Å². The lowest BCUT2D eigenvalue weighted by Gasteiger charge is -2.04. The average Bonchev–Trinajstić information content (AvgIpc) is 2.54. The Morgan fingerprint density at radius 3 is 2.67 bits per heavy atom. The van der Waals surface area contributed by atoms with Gasteiger partial charge in [-0.25, -0.2) is 15.3 Å². The summed E-state index contributed by atoms with van der Waals surface area (Å²) in [6, 6.07) is 7.86. The Labute approximate surface area is 141 Å². The molecule has 3 N–H and O–H groups in total. The Morgan fingerprint density at radius 1 is 1.33 bits per heavy atom. The van der Waals surface area contributed by atoms with Crippen LogP contribution in [-0.4, -0.2) is 33.1 Å². The van der Waals surface area contributed by atoms with E-state index in [1.165, 1.54) is 11.8 Å². The van der Waals surface area contributed by atoms with Crippen LogP contribution in [0.4, 0.5) is 0 Å². The Bertz CT molecular complexity index is 839. The number of H-pyrrole nitrogens is 2. The van der Waals surface area contributed by atoms with E-state index in [0.29, 0.717) is 5.92 Å². The summed E-state index contributed by atoms with van der Waals surface area (Å²) >= 11 is 0.904. The van der Waals surface area contributed by atoms with Gasteiger partial charge in [-0.2, -0.15) is 10.2 Å². The van der Waals surface area contributed by atoms with Gasteiger partial charge >= 0.3 is 5.69 Å². The molecule has 126 valence electrons. The number of nitrogens with one attached hydrogen (secondary N) is 3. The van der Waals surface area contributed by atoms with E-state index in [4.69, 9.17) is 0 Å². The number of aromatic amines is 2. The van der Waals surface area contributed by atoms with Crippen LogP contribution in [0.2, 0.25) is 0 Å². The molecule has 8 nitrogen and oxygen atoms in total. The molecule has 0 bridgehead atoms. The fraction of sp³-hybridized carbons (Fsp3) is 0.267. The lowest BCUT2D eigenvalue weighted by molar-refractivity contribution is -0.118. The van der Waals surface area contributed by atoms with Crippen LogP contribution in [-0.2, 0) is 4.79 Å². The minimum atomic E-state index is -0.693. The summed E-state index contributed by atoms with van der Waals surface area (Å²) in [5, 5.41) is 9.54. The van der Waals surface area contributed by atoms with Crippen LogP contribution in [0, 0.1) is 0 Å². The SMILES string of the molecule is CC(C)c1ccc(C=NNC(=O)CSc2n[nH]c(=O)[nH]c2=O)cc1. The highest BCUT2D eigenvalue weighted by molar-refractivity contribution is 7.99. The van der Waals surface area contributed by atoms with Gasteiger partial charge in [0, 0.05) is 0 Å². The second-order valence-electron chi connectivity index (χ2n) is 5.22. The Kier molecular flexibility index (Phi) is 6.07. The van der Waals surface area contributed by atoms with Gasteiger partial charge < -0.3 is 0 Å². The molecule has 1 aromatic heterocycles. The van der Waals surface area contributed by atoms with Crippen molar-refractivity contribution in [2.24, 2.45) is 5.10 Å². The first kappa shape index (κ1) is 17.7. The molecule has 0 unspecified atom stereocenters. The van der Waals surface area contributed by atoms with Crippen molar-refractivity contribution < 1.29 is 4.79 Å². The largest absolute Gasteiger partial charge is 0.342 e. The van der Waals surface area contributed by atoms with Gasteiger partial charge in [-0.3, -0.25) is 14.6 Å². The quantitative estimate of drug-likeness (QED) is 0.406. The highest BCUT2D eigenvalue weighted by atomic mass is 32.2. The number of carbonyl (C=O) groups is 1. The molecule has 1 heterocycles. The van der Waals surface area contributed by atoms with Gasteiger partial charge in [0.1, 0.15) is 0 Å². The fourth-order valence-corrected chi connectivity index (χ4v) is 2.37. The highest BCUT2D eigenvalue weighted by Crippen LogP contribution is 2.13. The van der Waals surface area contributed by atoms with Gasteiger partial charge in [-0.1, -0.05) is 49.9 Å². The van der Waals surface area contributed by atoms with Gasteiger partial charge in [0.25, 0.3) is 5.56 Å². The monoisotopic (exact) mass is 347 g/mol. The van der Waals surface area contributed by atoms with Crippen LogP contribution in [0.3, 0.4) is 0 Å². The van der Waals surface area contributed by atoms with Crippen LogP contribution < -0.4 is 16.7 Å². The zero-order valence-corrected chi connectivity index (χ0v) is 14.0. The van der Waals surface area contributed by atoms with E-state index in [1.807, 2.05) is 29.2 Å². The van der Waals surface area contributed by atoms with Crippen LogP contribution >= 0.6 is 11.8 Å². The maximum Gasteiger partial charge on any atom is 0.342 e. The molecule has 2 rings (SSSR count). The summed E-state index contributed by atoms with van der Waals surface area (Å²) in [6.45, 7) is 4.23. The van der Waals surface area contributed by atoms with Gasteiger partial charge in [0.05, 0.1) is 12.0 Å². The first-order valence-corrected chi connectivity index (χ1v) is 8.18. The van der Waals surface area contributed by atoms with E-state index >= 15 is 0 Å². The van der Waals surface area contributed by atoms with E-state index in [-0.39, 0.29) is 16.7 Å². The second kappa shape index (κ2) is 8.25. The summed E-state index contributed by atoms with van der Waals surface area (Å²) in [7, 11) is 0. The van der Waals surface area contributed by atoms with E-state index in [0.717, 1.165) is 17.3 Å². The molecule has 0 aliphatic carbocycles. The number of thioether (sulfide) groups is 1. The molecular weight excluding hydrogens is 330 g/mol. The van der Waals surface area contributed by atoms with Crippen molar-refractivity contribution in [2.45, 2.75) is 24.8 Å². The predicted octanol–water partition coefficient (Wildman–Crippen LogP) is 0.824. The van der Waals surface area contributed by atoms with Crippen LogP contribution in [0.15, 0.2) is 44.0 Å². The van der Waals surface area contributed by atoms with Crippen LogP contribution in [0.1, 0.15) is 30.9 Å². The minimum absolute atomic E-state index is 0.0120. The van der Waals surface area contributed by atoms with Crippen LogP contribution in [0.25, 0.3) is 0 Å². The molecule has 0 radical (unpaired) electrons. The second-order valence-corrected chi connectivity index (χ2v) is 6.18. The predicted molar refractivity (Wildman–Crippen MR) is 92.5 cm³/mol. The minimum Gasteiger partial charge on any atom is -0.272 e. The standard InChI is InChI=1S/C15H17N5O3S/c1-9(2)11-5-3-10(4-6-11)7-16-18-12(21)8-24-14-13(22)17-15(23)20-19-14/h3-7,9H,8H2,1-2H3,(H,18,21)(H2,17,20,22,23). The smallest absolute Gasteiger partial charge is 0.272 e. The first-order valence-electron chi connectivity index (χ1n) is 7.19. The van der Waals surface area contributed by atoms with Crippen molar-refractivity contribution in [1.29, 1.82) is 0 Å². The summed E-state index contributed by atoms with van der Waals surface area (Å²) in [5.41, 5.74) is 3.14. The number of nitrogens with zero attached hydrogens (tertiary/aromatic N) is 2. The zero-order valence-electron chi connectivity index (χ0n) is 13.2. The van der Waals surface area contributed by atoms with Gasteiger partial charge in [0.15, 0.2) is 5.03 Å². The lowest BCUT2D eigenvalue weighted by atomic mass is 10.0. The van der Waals surface area contributed by atoms with Crippen molar-refractivity contribution in [3.8, 4) is 0 Å². The molecule has 1 amide bonds. The van der Waals surface area contributed by atoms with Gasteiger partial charge in [-0.15, -0.1) is 0 Å². The van der Waals surface area contributed by atoms with Crippen molar-refractivity contribution in [3.05, 3.63) is 56.2 Å². The topological polar surface area (TPSA) is 120 Å². The van der Waals surface area contributed by atoms with Gasteiger partial charge in [-0.05, 0) is 17.0 Å². The molecule has 2 aromatic rings. The number of hydrazone groups is 1. The third-order valence-corrected chi connectivity index (χ3v) is 3.98. The van der Waals surface area contributed by atoms with Crippen molar-refractivity contribution >= 4 is 23.9 Å². The number of rotatable bonds is 6. The molecule has 1 aromatic carbocycles. The van der Waals surface area contributed by atoms with Crippen LogP contribution in [0.5, 0.6) is 0 Å². The number of benzene rings is 1. The Morgan fingerprint density at radius 2 is 2.04 bits per heavy atom. The van der Waals surface area contributed by atoms with E-state index in [2.05, 4.69) is 34.6 Å². The maximum atomic E-state index is 11.7. The summed E-state index contributed by atoms with van der Waals surface area (Å²) in [4.78, 5) is 35.9. The highest BCUT2D eigenvalue weighted by Gasteiger charge is 2.07. The number of aromatic nitrogens is 3. The Balaban J connectivity index is 1.84. The summed E-state index contributed by atoms with van der Waals surface area (Å²) in [6.07, 6.45) is 1.54. The molecule has 24 heavy (non-hydrogen) atoms. The van der Waals surface area contributed by atoms with Gasteiger partial charge in [0.2, 0.25) is 5.91 Å². The fourth-order valence-electron chi connectivity index (χ4n) is 1.75. The summed E-state index contributed by atoms with van der Waals surface area (Å²) < 4.78 is 0. The third kappa shape index (κ3) is 5.20. The zero-order chi connectivity index (χ0) is 17.5. The number of amides is 1. The molecule has 0 aliphatic heterocycles. The lowest BCUT2D eigenvalue weighted by Crippen LogP contribution is -2.26. The third-order valence-electron chi connectivity index (χ3n) is 3.03. The number of hydrogen-bond donors (Lipinski definition) is 3. The number of hydrogen-bond acceptors (Lipinski definition) is 6. The molecule has 0 spiro atoms. The maximum absolute atomic E-state index is 11.7. The van der Waals surface area contributed by atoms with E-state index in [1.54, 1.807) is 0 Å². The molecular formula is C15H17N5O3S. The summed E-state index contributed by atoms with van der Waals surface area (Å²) in [5.74, 6) is 0.0195. The molecule has 9 heteroatoms. The molecule has 0 fully saturated rings. The van der Waals surface area contributed by atoms with Crippen molar-refractivity contribution in [3.63, 3.8) is 0 Å². The molecule has 0 saturated carbocycles.